The summed E-state index contributed by atoms with van der Waals surface area (Å²) in [4.78, 5) is 15.6. The molecule has 0 saturated carbocycles. The highest BCUT2D eigenvalue weighted by Crippen LogP contribution is 2.36. The van der Waals surface area contributed by atoms with E-state index in [4.69, 9.17) is 5.73 Å². The first kappa shape index (κ1) is 19.3. The molecule has 3 heterocycles. The van der Waals surface area contributed by atoms with Crippen molar-refractivity contribution < 1.29 is 13.2 Å². The summed E-state index contributed by atoms with van der Waals surface area (Å²) < 4.78 is 39.5. The minimum Gasteiger partial charge on any atom is -0.396 e. The van der Waals surface area contributed by atoms with E-state index in [2.05, 4.69) is 37.4 Å². The molecule has 1 unspecified atom stereocenters. The van der Waals surface area contributed by atoms with Gasteiger partial charge in [-0.1, -0.05) is 24.3 Å². The van der Waals surface area contributed by atoms with E-state index >= 15 is 0 Å². The molecule has 0 saturated heterocycles. The molecule has 0 spiro atoms. The third kappa shape index (κ3) is 3.56. The lowest BCUT2D eigenvalue weighted by atomic mass is 9.88. The van der Waals surface area contributed by atoms with Crippen LogP contribution in [0.25, 0.3) is 22.3 Å². The molecule has 3 aromatic heterocycles. The number of hydrogen-bond acceptors (Lipinski definition) is 5. The second-order valence-electron chi connectivity index (χ2n) is 7.61. The smallest absolute Gasteiger partial charge is 0.396 e. The molecule has 1 aliphatic carbocycles. The van der Waals surface area contributed by atoms with Crippen LogP contribution >= 0.6 is 0 Å². The van der Waals surface area contributed by atoms with Crippen molar-refractivity contribution in [3.05, 3.63) is 65.6 Å². The number of benzene rings is 1. The minimum absolute atomic E-state index is 0.0582. The summed E-state index contributed by atoms with van der Waals surface area (Å²) >= 11 is 0. The Morgan fingerprint density at radius 3 is 2.81 bits per heavy atom. The summed E-state index contributed by atoms with van der Waals surface area (Å²) in [6.45, 7) is 0. The molecular weight excluding hydrogens is 405 g/mol. The predicted octanol–water partition coefficient (Wildman–Crippen LogP) is 5.11. The summed E-state index contributed by atoms with van der Waals surface area (Å²) in [6.07, 6.45) is 2.37. The van der Waals surface area contributed by atoms with Gasteiger partial charge in [-0.3, -0.25) is 0 Å². The molecule has 1 aromatic carbocycles. The standard InChI is InChI=1S/C22H19F3N6/c23-22(24,25)13-8-15-16(10-28-20(15)27-9-13)19-17(26)11-29-21(31-19)30-18-7-3-5-12-4-1-2-6-14(12)18/h1-2,4,6,8-11,18H,3,5,7,26H2,(H,27,28)(H,29,30,31). The Bertz CT molecular complexity index is 1260. The summed E-state index contributed by atoms with van der Waals surface area (Å²) in [6, 6.07) is 9.36. The highest BCUT2D eigenvalue weighted by molar-refractivity contribution is 5.95. The van der Waals surface area contributed by atoms with Crippen LogP contribution in [0, 0.1) is 0 Å². The number of anilines is 2. The van der Waals surface area contributed by atoms with Crippen molar-refractivity contribution in [1.82, 2.24) is 19.9 Å². The lowest BCUT2D eigenvalue weighted by Gasteiger charge is -2.26. The molecule has 0 bridgehead atoms. The zero-order chi connectivity index (χ0) is 21.6. The van der Waals surface area contributed by atoms with Crippen molar-refractivity contribution in [2.24, 2.45) is 0 Å². The van der Waals surface area contributed by atoms with Gasteiger partial charge in [-0.25, -0.2) is 15.0 Å². The maximum Gasteiger partial charge on any atom is 0.417 e. The van der Waals surface area contributed by atoms with Crippen molar-refractivity contribution in [1.29, 1.82) is 0 Å². The van der Waals surface area contributed by atoms with Gasteiger partial charge in [0.2, 0.25) is 5.95 Å². The topological polar surface area (TPSA) is 92.5 Å². The number of hydrogen-bond donors (Lipinski definition) is 3. The minimum atomic E-state index is -4.49. The predicted molar refractivity (Wildman–Crippen MR) is 112 cm³/mol. The van der Waals surface area contributed by atoms with Crippen LogP contribution in [0.2, 0.25) is 0 Å². The molecule has 6 nitrogen and oxygen atoms in total. The number of alkyl halides is 3. The molecule has 5 rings (SSSR count). The number of nitrogens with two attached hydrogens (primary N) is 1. The fourth-order valence-corrected chi connectivity index (χ4v) is 4.09. The van der Waals surface area contributed by atoms with Crippen LogP contribution < -0.4 is 11.1 Å². The molecule has 0 fully saturated rings. The van der Waals surface area contributed by atoms with E-state index in [9.17, 15) is 13.2 Å². The number of aromatic amines is 1. The van der Waals surface area contributed by atoms with Crippen LogP contribution in [0.1, 0.15) is 35.6 Å². The molecule has 0 radical (unpaired) electrons. The average molecular weight is 424 g/mol. The highest BCUT2D eigenvalue weighted by atomic mass is 19.4. The van der Waals surface area contributed by atoms with E-state index in [-0.39, 0.29) is 11.7 Å². The third-order valence-electron chi connectivity index (χ3n) is 5.60. The van der Waals surface area contributed by atoms with Crippen LogP contribution in [0.4, 0.5) is 24.8 Å². The largest absolute Gasteiger partial charge is 0.417 e. The number of aryl methyl sites for hydroxylation is 1. The van der Waals surface area contributed by atoms with E-state index in [1.54, 1.807) is 6.20 Å². The van der Waals surface area contributed by atoms with Gasteiger partial charge in [0.05, 0.1) is 23.5 Å². The van der Waals surface area contributed by atoms with Gasteiger partial charge in [0.25, 0.3) is 0 Å². The van der Waals surface area contributed by atoms with Gasteiger partial charge >= 0.3 is 6.18 Å². The van der Waals surface area contributed by atoms with E-state index < -0.39 is 11.7 Å². The van der Waals surface area contributed by atoms with Crippen LogP contribution in [0.3, 0.4) is 0 Å². The fourth-order valence-electron chi connectivity index (χ4n) is 4.09. The Morgan fingerprint density at radius 2 is 1.97 bits per heavy atom. The summed E-state index contributed by atoms with van der Waals surface area (Å²) in [7, 11) is 0. The highest BCUT2D eigenvalue weighted by Gasteiger charge is 2.31. The maximum atomic E-state index is 13.2. The number of rotatable bonds is 3. The van der Waals surface area contributed by atoms with Crippen molar-refractivity contribution in [3.8, 4) is 11.3 Å². The molecule has 1 atom stereocenters. The quantitative estimate of drug-likeness (QED) is 0.425. The lowest BCUT2D eigenvalue weighted by Crippen LogP contribution is -2.18. The van der Waals surface area contributed by atoms with Crippen LogP contribution in [0.15, 0.2) is 48.9 Å². The number of nitrogen functional groups attached to an aromatic ring is 1. The monoisotopic (exact) mass is 424 g/mol. The van der Waals surface area contributed by atoms with Gasteiger partial charge in [-0.15, -0.1) is 0 Å². The van der Waals surface area contributed by atoms with Crippen LogP contribution in [-0.2, 0) is 12.6 Å². The Labute approximate surface area is 175 Å². The number of halogens is 3. The summed E-state index contributed by atoms with van der Waals surface area (Å²) in [5.74, 6) is 0.375. The van der Waals surface area contributed by atoms with Crippen molar-refractivity contribution >= 4 is 22.7 Å². The second kappa shape index (κ2) is 7.26. The number of pyridine rings is 1. The van der Waals surface area contributed by atoms with Gasteiger partial charge in [0.1, 0.15) is 11.3 Å². The van der Waals surface area contributed by atoms with Gasteiger partial charge in [0, 0.05) is 23.3 Å². The maximum absolute atomic E-state index is 13.2. The fraction of sp³-hybridized carbons (Fsp3) is 0.227. The van der Waals surface area contributed by atoms with E-state index in [0.717, 1.165) is 31.5 Å². The first-order valence-electron chi connectivity index (χ1n) is 9.91. The van der Waals surface area contributed by atoms with Crippen molar-refractivity contribution in [3.63, 3.8) is 0 Å². The average Bonchev–Trinajstić information content (AvgIpc) is 3.18. The molecule has 9 heteroatoms. The number of nitrogens with one attached hydrogen (secondary N) is 2. The number of fused-ring (bicyclic) bond motifs is 2. The third-order valence-corrected chi connectivity index (χ3v) is 5.60. The van der Waals surface area contributed by atoms with E-state index in [1.807, 2.05) is 12.1 Å². The number of nitrogens with zero attached hydrogens (tertiary/aromatic N) is 3. The Kier molecular flexibility index (Phi) is 4.53. The summed E-state index contributed by atoms with van der Waals surface area (Å²) in [5.41, 5.74) is 9.18. The Hall–Kier alpha value is -3.62. The number of H-pyrrole nitrogens is 1. The Morgan fingerprint density at radius 1 is 1.13 bits per heavy atom. The molecule has 0 aliphatic heterocycles. The zero-order valence-electron chi connectivity index (χ0n) is 16.4. The lowest BCUT2D eigenvalue weighted by molar-refractivity contribution is -0.137. The first-order chi connectivity index (χ1) is 14.9. The molecular formula is C22H19F3N6. The van der Waals surface area contributed by atoms with Crippen molar-refractivity contribution in [2.75, 3.05) is 11.1 Å². The second-order valence-corrected chi connectivity index (χ2v) is 7.61. The van der Waals surface area contributed by atoms with Gasteiger partial charge in [0.15, 0.2) is 0 Å². The SMILES string of the molecule is Nc1cnc(NC2CCCc3ccccc32)nc1-c1c[nH]c2ncc(C(F)(F)F)cc12. The molecule has 4 aromatic rings. The first-order valence-corrected chi connectivity index (χ1v) is 9.91. The molecule has 4 N–H and O–H groups in total. The van der Waals surface area contributed by atoms with E-state index in [1.165, 1.54) is 17.3 Å². The van der Waals surface area contributed by atoms with Gasteiger partial charge < -0.3 is 16.0 Å². The van der Waals surface area contributed by atoms with Crippen LogP contribution in [0.5, 0.6) is 0 Å². The van der Waals surface area contributed by atoms with E-state index in [0.29, 0.717) is 28.2 Å². The molecule has 0 amide bonds. The van der Waals surface area contributed by atoms with Crippen LogP contribution in [-0.4, -0.2) is 19.9 Å². The Balaban J connectivity index is 1.53. The van der Waals surface area contributed by atoms with Gasteiger partial charge in [-0.05, 0) is 36.5 Å². The zero-order valence-corrected chi connectivity index (χ0v) is 16.4. The summed E-state index contributed by atoms with van der Waals surface area (Å²) in [5, 5.41) is 3.67. The van der Waals surface area contributed by atoms with Gasteiger partial charge in [-0.2, -0.15) is 13.2 Å². The molecule has 1 aliphatic rings. The normalized spacial score (nSPS) is 16.3. The molecule has 31 heavy (non-hydrogen) atoms. The molecule has 158 valence electrons. The van der Waals surface area contributed by atoms with Crippen molar-refractivity contribution in [2.45, 2.75) is 31.5 Å². The number of aromatic nitrogens is 4.